The van der Waals surface area contributed by atoms with Crippen LogP contribution >= 0.6 is 0 Å². The molecule has 0 unspecified atom stereocenters. The minimum atomic E-state index is -0.670. The SMILES string of the molecule is C=C/C(C)=C\C(=C/C[N+](=O)[O-])[N+](=O)[O-]. The van der Waals surface area contributed by atoms with Crippen molar-refractivity contribution in [3.63, 3.8) is 0 Å². The van der Waals surface area contributed by atoms with E-state index in [1.165, 1.54) is 12.2 Å². The largest absolute Gasteiger partial charge is 0.272 e. The van der Waals surface area contributed by atoms with Crippen LogP contribution < -0.4 is 0 Å². The Hall–Kier alpha value is -1.98. The molecule has 6 nitrogen and oxygen atoms in total. The van der Waals surface area contributed by atoms with Gasteiger partial charge in [-0.15, -0.1) is 0 Å². The van der Waals surface area contributed by atoms with Gasteiger partial charge in [0.1, 0.15) is 0 Å². The molecule has 0 aromatic rings. The van der Waals surface area contributed by atoms with Crippen molar-refractivity contribution < 1.29 is 9.85 Å². The molecule has 0 aliphatic rings. The van der Waals surface area contributed by atoms with Gasteiger partial charge in [0.2, 0.25) is 6.54 Å². The Morgan fingerprint density at radius 3 is 2.36 bits per heavy atom. The van der Waals surface area contributed by atoms with Crippen LogP contribution in [0, 0.1) is 20.2 Å². The van der Waals surface area contributed by atoms with E-state index in [1.807, 2.05) is 0 Å². The third kappa shape index (κ3) is 4.81. The maximum absolute atomic E-state index is 10.4. The fourth-order valence-corrected chi connectivity index (χ4v) is 0.646. The number of nitro groups is 2. The Balaban J connectivity index is 4.77. The minimum Gasteiger partial charge on any atom is -0.264 e. The molecule has 0 fully saturated rings. The number of rotatable bonds is 5. The summed E-state index contributed by atoms with van der Waals surface area (Å²) in [5.74, 6) is 0. The summed E-state index contributed by atoms with van der Waals surface area (Å²) in [5.41, 5.74) is 0.287. The van der Waals surface area contributed by atoms with Crippen molar-refractivity contribution in [1.82, 2.24) is 0 Å². The fraction of sp³-hybridized carbons (Fsp3) is 0.250. The zero-order chi connectivity index (χ0) is 11.1. The summed E-state index contributed by atoms with van der Waals surface area (Å²) >= 11 is 0. The molecule has 0 bridgehead atoms. The highest BCUT2D eigenvalue weighted by molar-refractivity contribution is 5.23. The van der Waals surface area contributed by atoms with Gasteiger partial charge in [-0.3, -0.25) is 20.2 Å². The molecule has 0 aromatic heterocycles. The quantitative estimate of drug-likeness (QED) is 0.381. The van der Waals surface area contributed by atoms with Gasteiger partial charge >= 0.3 is 0 Å². The molecule has 0 aliphatic heterocycles. The Morgan fingerprint density at radius 1 is 1.43 bits per heavy atom. The lowest BCUT2D eigenvalue weighted by Crippen LogP contribution is -2.02. The highest BCUT2D eigenvalue weighted by Gasteiger charge is 2.08. The van der Waals surface area contributed by atoms with Crippen LogP contribution in [-0.2, 0) is 0 Å². The van der Waals surface area contributed by atoms with Gasteiger partial charge in [0.25, 0.3) is 5.70 Å². The van der Waals surface area contributed by atoms with Crippen molar-refractivity contribution in [3.8, 4) is 0 Å². The molecule has 0 saturated carbocycles. The second-order valence-corrected chi connectivity index (χ2v) is 2.49. The van der Waals surface area contributed by atoms with Gasteiger partial charge in [0.05, 0.1) is 11.0 Å². The molecule has 0 aliphatic carbocycles. The predicted molar refractivity (Wildman–Crippen MR) is 50.9 cm³/mol. The second kappa shape index (κ2) is 5.63. The summed E-state index contributed by atoms with van der Waals surface area (Å²) < 4.78 is 0. The molecule has 0 atom stereocenters. The minimum absolute atomic E-state index is 0.292. The van der Waals surface area contributed by atoms with E-state index in [1.54, 1.807) is 6.92 Å². The number of nitrogens with zero attached hydrogens (tertiary/aromatic N) is 2. The first kappa shape index (κ1) is 12.0. The molecular formula is C8H10N2O4. The first-order valence-electron chi connectivity index (χ1n) is 3.74. The Bertz CT molecular complexity index is 317. The Morgan fingerprint density at radius 2 is 2.00 bits per heavy atom. The first-order chi connectivity index (χ1) is 6.47. The molecule has 0 aromatic carbocycles. The van der Waals surface area contributed by atoms with Gasteiger partial charge in [-0.05, 0) is 12.5 Å². The molecule has 0 rings (SSSR count). The van der Waals surface area contributed by atoms with E-state index < -0.39 is 16.4 Å². The van der Waals surface area contributed by atoms with Crippen molar-refractivity contribution in [2.75, 3.05) is 6.54 Å². The van der Waals surface area contributed by atoms with Gasteiger partial charge in [-0.25, -0.2) is 0 Å². The summed E-state index contributed by atoms with van der Waals surface area (Å²) in [6.45, 7) is 4.48. The third-order valence-corrected chi connectivity index (χ3v) is 1.36. The van der Waals surface area contributed by atoms with Gasteiger partial charge in [-0.2, -0.15) is 0 Å². The number of allylic oxidation sites excluding steroid dienone is 3. The highest BCUT2D eigenvalue weighted by atomic mass is 16.6. The molecule has 0 radical (unpaired) electrons. The lowest BCUT2D eigenvalue weighted by Gasteiger charge is -1.92. The lowest BCUT2D eigenvalue weighted by atomic mass is 10.2. The second-order valence-electron chi connectivity index (χ2n) is 2.49. The average molecular weight is 198 g/mol. The van der Waals surface area contributed by atoms with Crippen molar-refractivity contribution in [2.45, 2.75) is 6.92 Å². The van der Waals surface area contributed by atoms with Crippen LogP contribution in [0.5, 0.6) is 0 Å². The fourth-order valence-electron chi connectivity index (χ4n) is 0.646. The summed E-state index contributed by atoms with van der Waals surface area (Å²) in [4.78, 5) is 19.1. The standard InChI is InChI=1S/C8H10N2O4/c1-3-7(2)6-8(10(13)14)4-5-9(11)12/h3-4,6H,1,5H2,2H3/b7-6-,8-4+. The van der Waals surface area contributed by atoms with Crippen LogP contribution in [-0.4, -0.2) is 16.4 Å². The van der Waals surface area contributed by atoms with E-state index in [4.69, 9.17) is 0 Å². The molecule has 76 valence electrons. The lowest BCUT2D eigenvalue weighted by molar-refractivity contribution is -0.471. The van der Waals surface area contributed by atoms with Crippen molar-refractivity contribution >= 4 is 0 Å². The van der Waals surface area contributed by atoms with E-state index >= 15 is 0 Å². The average Bonchev–Trinajstić information content (AvgIpc) is 2.10. The zero-order valence-electron chi connectivity index (χ0n) is 7.67. The Kier molecular flexibility index (Phi) is 4.83. The van der Waals surface area contributed by atoms with Crippen LogP contribution in [0.3, 0.4) is 0 Å². The van der Waals surface area contributed by atoms with E-state index in [2.05, 4.69) is 6.58 Å². The number of hydrogen-bond acceptors (Lipinski definition) is 4. The van der Waals surface area contributed by atoms with Crippen LogP contribution in [0.4, 0.5) is 0 Å². The smallest absolute Gasteiger partial charge is 0.264 e. The van der Waals surface area contributed by atoms with Gasteiger partial charge in [0, 0.05) is 11.0 Å². The maximum atomic E-state index is 10.4. The van der Waals surface area contributed by atoms with E-state index in [9.17, 15) is 20.2 Å². The molecule has 0 saturated heterocycles. The zero-order valence-corrected chi connectivity index (χ0v) is 7.67. The number of hydrogen-bond donors (Lipinski definition) is 0. The van der Waals surface area contributed by atoms with Crippen LogP contribution in [0.2, 0.25) is 0 Å². The summed E-state index contributed by atoms with van der Waals surface area (Å²) in [5, 5.41) is 20.4. The van der Waals surface area contributed by atoms with Crippen LogP contribution in [0.1, 0.15) is 6.92 Å². The normalized spacial score (nSPS) is 12.4. The molecule has 14 heavy (non-hydrogen) atoms. The van der Waals surface area contributed by atoms with Crippen LogP contribution in [0.25, 0.3) is 0 Å². The molecule has 0 heterocycles. The van der Waals surface area contributed by atoms with Crippen LogP contribution in [0.15, 0.2) is 36.1 Å². The van der Waals surface area contributed by atoms with Crippen molar-refractivity contribution in [1.29, 1.82) is 0 Å². The predicted octanol–water partition coefficient (Wildman–Crippen LogP) is 1.56. The summed E-state index contributed by atoms with van der Waals surface area (Å²) in [6, 6.07) is 0. The van der Waals surface area contributed by atoms with Crippen molar-refractivity contribution in [3.05, 3.63) is 56.3 Å². The van der Waals surface area contributed by atoms with Gasteiger partial charge in [-0.1, -0.05) is 12.7 Å². The van der Waals surface area contributed by atoms with Gasteiger partial charge in [0.15, 0.2) is 0 Å². The van der Waals surface area contributed by atoms with E-state index in [0.29, 0.717) is 5.57 Å². The summed E-state index contributed by atoms with van der Waals surface area (Å²) in [7, 11) is 0. The third-order valence-electron chi connectivity index (χ3n) is 1.36. The molecule has 6 heteroatoms. The molecule has 0 spiro atoms. The van der Waals surface area contributed by atoms with Gasteiger partial charge < -0.3 is 0 Å². The molecular weight excluding hydrogens is 188 g/mol. The summed E-state index contributed by atoms with van der Waals surface area (Å²) in [6.07, 6.45) is 3.62. The first-order valence-corrected chi connectivity index (χ1v) is 3.74. The topological polar surface area (TPSA) is 86.3 Å². The van der Waals surface area contributed by atoms with Crippen molar-refractivity contribution in [2.24, 2.45) is 0 Å². The van der Waals surface area contributed by atoms with E-state index in [0.717, 1.165) is 6.08 Å². The molecule has 0 amide bonds. The monoisotopic (exact) mass is 198 g/mol. The Labute approximate surface area is 80.5 Å². The molecule has 0 N–H and O–H groups in total. The van der Waals surface area contributed by atoms with E-state index in [-0.39, 0.29) is 5.70 Å². The highest BCUT2D eigenvalue weighted by Crippen LogP contribution is 2.03. The maximum Gasteiger partial charge on any atom is 0.272 e.